The van der Waals surface area contributed by atoms with Gasteiger partial charge in [0.25, 0.3) is 0 Å². The van der Waals surface area contributed by atoms with Crippen LogP contribution in [0.2, 0.25) is 0 Å². The van der Waals surface area contributed by atoms with Gasteiger partial charge in [0.1, 0.15) is 6.61 Å². The van der Waals surface area contributed by atoms with Gasteiger partial charge in [-0.15, -0.1) is 11.3 Å². The summed E-state index contributed by atoms with van der Waals surface area (Å²) in [6, 6.07) is 4.30. The SMILES string of the molecule is CCc1ccc(COc2cnn(CC)c2)s1. The summed E-state index contributed by atoms with van der Waals surface area (Å²) in [4.78, 5) is 2.67. The highest BCUT2D eigenvalue weighted by atomic mass is 32.1. The molecule has 0 aliphatic rings. The lowest BCUT2D eigenvalue weighted by molar-refractivity contribution is 0.309. The van der Waals surface area contributed by atoms with Gasteiger partial charge in [-0.25, -0.2) is 0 Å². The fraction of sp³-hybridized carbons (Fsp3) is 0.417. The third kappa shape index (κ3) is 2.64. The van der Waals surface area contributed by atoms with E-state index < -0.39 is 0 Å². The Balaban J connectivity index is 1.91. The average molecular weight is 236 g/mol. The number of aromatic nitrogens is 2. The predicted molar refractivity (Wildman–Crippen MR) is 65.9 cm³/mol. The first kappa shape index (κ1) is 11.2. The molecule has 0 aliphatic heterocycles. The molecular formula is C12H16N2OS. The molecule has 0 unspecified atom stereocenters. The van der Waals surface area contributed by atoms with Gasteiger partial charge < -0.3 is 4.74 Å². The van der Waals surface area contributed by atoms with Crippen LogP contribution in [-0.2, 0) is 19.6 Å². The Kier molecular flexibility index (Phi) is 3.62. The van der Waals surface area contributed by atoms with Gasteiger partial charge in [0.05, 0.1) is 12.4 Å². The van der Waals surface area contributed by atoms with E-state index in [9.17, 15) is 0 Å². The van der Waals surface area contributed by atoms with E-state index in [4.69, 9.17) is 4.74 Å². The average Bonchev–Trinajstić information content (AvgIpc) is 2.95. The maximum atomic E-state index is 5.66. The fourth-order valence-electron chi connectivity index (χ4n) is 1.44. The standard InChI is InChI=1S/C12H16N2OS/c1-3-11-5-6-12(16-11)9-15-10-7-13-14(4-2)8-10/h5-8H,3-4,9H2,1-2H3. The molecule has 2 heterocycles. The van der Waals surface area contributed by atoms with Gasteiger partial charge in [-0.3, -0.25) is 4.68 Å². The van der Waals surface area contributed by atoms with Crippen LogP contribution in [0.5, 0.6) is 5.75 Å². The molecule has 2 rings (SSSR count). The predicted octanol–water partition coefficient (Wildman–Crippen LogP) is 3.11. The molecule has 0 amide bonds. The summed E-state index contributed by atoms with van der Waals surface area (Å²) in [5, 5.41) is 4.16. The Morgan fingerprint density at radius 3 is 2.75 bits per heavy atom. The van der Waals surface area contributed by atoms with E-state index in [2.05, 4.69) is 31.1 Å². The molecule has 0 N–H and O–H groups in total. The second-order valence-corrected chi connectivity index (χ2v) is 4.79. The molecule has 0 saturated heterocycles. The lowest BCUT2D eigenvalue weighted by atomic mass is 10.4. The van der Waals surface area contributed by atoms with Crippen LogP contribution in [0, 0.1) is 0 Å². The van der Waals surface area contributed by atoms with Crippen molar-refractivity contribution in [2.75, 3.05) is 0 Å². The molecule has 0 saturated carbocycles. The number of thiophene rings is 1. The van der Waals surface area contributed by atoms with Crippen LogP contribution in [0.15, 0.2) is 24.5 Å². The molecule has 86 valence electrons. The van der Waals surface area contributed by atoms with Crippen LogP contribution in [0.1, 0.15) is 23.6 Å². The Morgan fingerprint density at radius 1 is 1.31 bits per heavy atom. The van der Waals surface area contributed by atoms with E-state index in [0.29, 0.717) is 6.61 Å². The molecule has 0 fully saturated rings. The molecule has 0 atom stereocenters. The first-order chi connectivity index (χ1) is 7.81. The van der Waals surface area contributed by atoms with Gasteiger partial charge in [0.2, 0.25) is 0 Å². The maximum Gasteiger partial charge on any atom is 0.157 e. The van der Waals surface area contributed by atoms with Crippen LogP contribution >= 0.6 is 11.3 Å². The van der Waals surface area contributed by atoms with Crippen molar-refractivity contribution in [3.05, 3.63) is 34.3 Å². The van der Waals surface area contributed by atoms with Gasteiger partial charge in [0, 0.05) is 16.3 Å². The smallest absolute Gasteiger partial charge is 0.157 e. The van der Waals surface area contributed by atoms with Crippen molar-refractivity contribution in [3.8, 4) is 5.75 Å². The summed E-state index contributed by atoms with van der Waals surface area (Å²) in [6.45, 7) is 5.74. The van der Waals surface area contributed by atoms with Gasteiger partial charge in [-0.2, -0.15) is 5.10 Å². The first-order valence-electron chi connectivity index (χ1n) is 5.54. The molecule has 0 aliphatic carbocycles. The van der Waals surface area contributed by atoms with Crippen molar-refractivity contribution in [2.45, 2.75) is 33.4 Å². The van der Waals surface area contributed by atoms with E-state index in [1.54, 1.807) is 6.20 Å². The van der Waals surface area contributed by atoms with E-state index >= 15 is 0 Å². The van der Waals surface area contributed by atoms with Crippen molar-refractivity contribution in [3.63, 3.8) is 0 Å². The number of hydrogen-bond donors (Lipinski definition) is 0. The van der Waals surface area contributed by atoms with Crippen LogP contribution < -0.4 is 4.74 Å². The van der Waals surface area contributed by atoms with Crippen LogP contribution in [-0.4, -0.2) is 9.78 Å². The van der Waals surface area contributed by atoms with Crippen molar-refractivity contribution in [2.24, 2.45) is 0 Å². The largest absolute Gasteiger partial charge is 0.485 e. The van der Waals surface area contributed by atoms with Crippen molar-refractivity contribution in [1.82, 2.24) is 9.78 Å². The molecule has 4 heteroatoms. The van der Waals surface area contributed by atoms with E-state index in [-0.39, 0.29) is 0 Å². The van der Waals surface area contributed by atoms with Gasteiger partial charge in [0.15, 0.2) is 5.75 Å². The zero-order chi connectivity index (χ0) is 11.4. The summed E-state index contributed by atoms with van der Waals surface area (Å²) in [5.74, 6) is 0.841. The highest BCUT2D eigenvalue weighted by Gasteiger charge is 2.01. The Hall–Kier alpha value is -1.29. The number of rotatable bonds is 5. The normalized spacial score (nSPS) is 10.6. The molecule has 16 heavy (non-hydrogen) atoms. The second-order valence-electron chi connectivity index (χ2n) is 3.54. The van der Waals surface area contributed by atoms with Crippen molar-refractivity contribution >= 4 is 11.3 Å². The minimum Gasteiger partial charge on any atom is -0.485 e. The molecule has 0 radical (unpaired) electrons. The molecule has 2 aromatic rings. The number of aryl methyl sites for hydroxylation is 2. The Labute approximate surface area is 99.7 Å². The van der Waals surface area contributed by atoms with Gasteiger partial charge >= 0.3 is 0 Å². The van der Waals surface area contributed by atoms with Crippen LogP contribution in [0.4, 0.5) is 0 Å². The lowest BCUT2D eigenvalue weighted by Crippen LogP contribution is -1.93. The third-order valence-corrected chi connectivity index (χ3v) is 3.58. The Bertz CT molecular complexity index is 405. The third-order valence-electron chi connectivity index (χ3n) is 2.38. The highest BCUT2D eigenvalue weighted by Crippen LogP contribution is 2.19. The number of ether oxygens (including phenoxy) is 1. The maximum absolute atomic E-state index is 5.66. The highest BCUT2D eigenvalue weighted by molar-refractivity contribution is 7.11. The zero-order valence-corrected chi connectivity index (χ0v) is 10.5. The minimum absolute atomic E-state index is 0.639. The summed E-state index contributed by atoms with van der Waals surface area (Å²) < 4.78 is 7.52. The van der Waals surface area contributed by atoms with E-state index in [1.807, 2.05) is 22.2 Å². The topological polar surface area (TPSA) is 27.1 Å². The molecule has 3 nitrogen and oxygen atoms in total. The minimum atomic E-state index is 0.639. The van der Waals surface area contributed by atoms with Crippen molar-refractivity contribution < 1.29 is 4.74 Å². The molecule has 0 bridgehead atoms. The van der Waals surface area contributed by atoms with Gasteiger partial charge in [-0.1, -0.05) is 6.92 Å². The summed E-state index contributed by atoms with van der Waals surface area (Å²) in [6.07, 6.45) is 4.78. The quantitative estimate of drug-likeness (QED) is 0.797. The summed E-state index contributed by atoms with van der Waals surface area (Å²) in [7, 11) is 0. The van der Waals surface area contributed by atoms with Gasteiger partial charge in [-0.05, 0) is 25.5 Å². The number of nitrogens with zero attached hydrogens (tertiary/aromatic N) is 2. The summed E-state index contributed by atoms with van der Waals surface area (Å²) in [5.41, 5.74) is 0. The van der Waals surface area contributed by atoms with Crippen LogP contribution in [0.3, 0.4) is 0 Å². The zero-order valence-electron chi connectivity index (χ0n) is 9.64. The lowest BCUT2D eigenvalue weighted by Gasteiger charge is -1.99. The van der Waals surface area contributed by atoms with Crippen molar-refractivity contribution in [1.29, 1.82) is 0 Å². The fourth-order valence-corrected chi connectivity index (χ4v) is 2.31. The molecule has 2 aromatic heterocycles. The summed E-state index contributed by atoms with van der Waals surface area (Å²) >= 11 is 1.81. The molecule has 0 spiro atoms. The number of hydrogen-bond acceptors (Lipinski definition) is 3. The first-order valence-corrected chi connectivity index (χ1v) is 6.36. The Morgan fingerprint density at radius 2 is 2.12 bits per heavy atom. The second kappa shape index (κ2) is 5.16. The molecular weight excluding hydrogens is 220 g/mol. The van der Waals surface area contributed by atoms with E-state index in [1.165, 1.54) is 9.75 Å². The van der Waals surface area contributed by atoms with Crippen LogP contribution in [0.25, 0.3) is 0 Å². The monoisotopic (exact) mass is 236 g/mol. The molecule has 0 aromatic carbocycles. The van der Waals surface area contributed by atoms with E-state index in [0.717, 1.165) is 18.7 Å².